The lowest BCUT2D eigenvalue weighted by Crippen LogP contribution is -2.24. The SMILES string of the molecule is CC(=O)Nc1ccc(SCC(=O)c2ccc(N(C)S(C)(=O)=O)cc2)cc1. The van der Waals surface area contributed by atoms with Crippen LogP contribution in [0, 0.1) is 0 Å². The summed E-state index contributed by atoms with van der Waals surface area (Å²) in [5, 5.41) is 2.69. The van der Waals surface area contributed by atoms with E-state index in [4.69, 9.17) is 0 Å². The number of carbonyl (C=O) groups is 2. The van der Waals surface area contributed by atoms with Crippen molar-refractivity contribution < 1.29 is 18.0 Å². The highest BCUT2D eigenvalue weighted by Gasteiger charge is 2.13. The van der Waals surface area contributed by atoms with Crippen LogP contribution in [-0.2, 0) is 14.8 Å². The molecule has 0 aliphatic heterocycles. The molecule has 0 saturated carbocycles. The summed E-state index contributed by atoms with van der Waals surface area (Å²) < 4.78 is 24.2. The van der Waals surface area contributed by atoms with E-state index in [0.29, 0.717) is 16.9 Å². The number of hydrogen-bond acceptors (Lipinski definition) is 5. The van der Waals surface area contributed by atoms with Crippen LogP contribution in [0.5, 0.6) is 0 Å². The molecule has 0 fully saturated rings. The molecule has 2 aromatic carbocycles. The summed E-state index contributed by atoms with van der Waals surface area (Å²) >= 11 is 1.40. The molecule has 0 heterocycles. The number of rotatable bonds is 7. The second-order valence-electron chi connectivity index (χ2n) is 5.69. The molecule has 0 saturated heterocycles. The van der Waals surface area contributed by atoms with Gasteiger partial charge in [0.05, 0.1) is 17.7 Å². The number of thioether (sulfide) groups is 1. The molecule has 0 atom stereocenters. The predicted octanol–water partition coefficient (Wildman–Crippen LogP) is 3.02. The summed E-state index contributed by atoms with van der Waals surface area (Å²) in [4.78, 5) is 24.2. The minimum absolute atomic E-state index is 0.0468. The maximum absolute atomic E-state index is 12.3. The van der Waals surface area contributed by atoms with Gasteiger partial charge in [-0.15, -0.1) is 11.8 Å². The van der Waals surface area contributed by atoms with E-state index >= 15 is 0 Å². The molecule has 0 radical (unpaired) electrons. The third-order valence-electron chi connectivity index (χ3n) is 3.59. The number of nitrogens with one attached hydrogen (secondary N) is 1. The van der Waals surface area contributed by atoms with Crippen LogP contribution in [-0.4, -0.2) is 39.2 Å². The largest absolute Gasteiger partial charge is 0.326 e. The number of amides is 1. The van der Waals surface area contributed by atoms with Crippen molar-refractivity contribution in [1.82, 2.24) is 0 Å². The number of Topliss-reactive ketones (excluding diaryl/α,β-unsaturated/α-hetero) is 1. The predicted molar refractivity (Wildman–Crippen MR) is 105 cm³/mol. The highest BCUT2D eigenvalue weighted by Crippen LogP contribution is 2.22. The van der Waals surface area contributed by atoms with E-state index < -0.39 is 10.0 Å². The summed E-state index contributed by atoms with van der Waals surface area (Å²) in [6, 6.07) is 13.7. The molecular weight excluding hydrogens is 372 g/mol. The fraction of sp³-hybridized carbons (Fsp3) is 0.222. The van der Waals surface area contributed by atoms with E-state index in [0.717, 1.165) is 15.5 Å². The number of sulfonamides is 1. The third kappa shape index (κ3) is 5.60. The van der Waals surface area contributed by atoms with Crippen LogP contribution >= 0.6 is 11.8 Å². The van der Waals surface area contributed by atoms with Crippen molar-refractivity contribution in [1.29, 1.82) is 0 Å². The van der Waals surface area contributed by atoms with Gasteiger partial charge in [-0.05, 0) is 48.5 Å². The van der Waals surface area contributed by atoms with Crippen molar-refractivity contribution in [2.45, 2.75) is 11.8 Å². The van der Waals surface area contributed by atoms with Crippen LogP contribution in [0.1, 0.15) is 17.3 Å². The lowest BCUT2D eigenvalue weighted by molar-refractivity contribution is -0.114. The smallest absolute Gasteiger partial charge is 0.231 e. The quantitative estimate of drug-likeness (QED) is 0.578. The maximum Gasteiger partial charge on any atom is 0.231 e. The highest BCUT2D eigenvalue weighted by molar-refractivity contribution is 8.00. The molecule has 2 rings (SSSR count). The molecule has 0 aliphatic rings. The molecule has 1 N–H and O–H groups in total. The fourth-order valence-corrected chi connectivity index (χ4v) is 3.42. The Balaban J connectivity index is 1.96. The first-order valence-electron chi connectivity index (χ1n) is 7.74. The van der Waals surface area contributed by atoms with Crippen molar-refractivity contribution >= 4 is 44.9 Å². The monoisotopic (exact) mass is 392 g/mol. The molecule has 2 aromatic rings. The molecule has 138 valence electrons. The average molecular weight is 393 g/mol. The van der Waals surface area contributed by atoms with Crippen LogP contribution in [0.25, 0.3) is 0 Å². The number of benzene rings is 2. The molecule has 8 heteroatoms. The molecule has 0 aromatic heterocycles. The molecule has 6 nitrogen and oxygen atoms in total. The van der Waals surface area contributed by atoms with E-state index in [1.165, 1.54) is 25.7 Å². The average Bonchev–Trinajstić information content (AvgIpc) is 2.59. The Kier molecular flexibility index (Phi) is 6.44. The molecule has 0 unspecified atom stereocenters. The number of anilines is 2. The Hall–Kier alpha value is -2.32. The van der Waals surface area contributed by atoms with Gasteiger partial charge < -0.3 is 5.32 Å². The van der Waals surface area contributed by atoms with Crippen LogP contribution in [0.15, 0.2) is 53.4 Å². The van der Waals surface area contributed by atoms with Crippen molar-refractivity contribution in [2.24, 2.45) is 0 Å². The second kappa shape index (κ2) is 8.37. The highest BCUT2D eigenvalue weighted by atomic mass is 32.2. The normalized spacial score (nSPS) is 11.0. The van der Waals surface area contributed by atoms with E-state index in [1.54, 1.807) is 36.4 Å². The number of nitrogens with zero attached hydrogens (tertiary/aromatic N) is 1. The lowest BCUT2D eigenvalue weighted by Gasteiger charge is -2.16. The Morgan fingerprint density at radius 1 is 1.04 bits per heavy atom. The van der Waals surface area contributed by atoms with Gasteiger partial charge in [0.15, 0.2) is 5.78 Å². The van der Waals surface area contributed by atoms with Crippen molar-refractivity contribution in [3.63, 3.8) is 0 Å². The molecule has 0 bridgehead atoms. The minimum Gasteiger partial charge on any atom is -0.326 e. The van der Waals surface area contributed by atoms with Gasteiger partial charge in [0.1, 0.15) is 0 Å². The molecular formula is C18H20N2O4S2. The Morgan fingerprint density at radius 2 is 1.62 bits per heavy atom. The first kappa shape index (κ1) is 20.0. The van der Waals surface area contributed by atoms with E-state index in [-0.39, 0.29) is 17.4 Å². The van der Waals surface area contributed by atoms with Gasteiger partial charge in [0.2, 0.25) is 15.9 Å². The van der Waals surface area contributed by atoms with E-state index in [2.05, 4.69) is 5.32 Å². The van der Waals surface area contributed by atoms with Crippen molar-refractivity contribution in [3.05, 3.63) is 54.1 Å². The molecule has 26 heavy (non-hydrogen) atoms. The van der Waals surface area contributed by atoms with E-state index in [1.807, 2.05) is 12.1 Å². The summed E-state index contributed by atoms with van der Waals surface area (Å²) in [6.07, 6.45) is 1.12. The lowest BCUT2D eigenvalue weighted by atomic mass is 10.1. The summed E-state index contributed by atoms with van der Waals surface area (Å²) in [5.74, 6) is 0.0841. The van der Waals surface area contributed by atoms with Crippen LogP contribution in [0.4, 0.5) is 11.4 Å². The van der Waals surface area contributed by atoms with Crippen molar-refractivity contribution in [2.75, 3.05) is 28.7 Å². The van der Waals surface area contributed by atoms with Gasteiger partial charge >= 0.3 is 0 Å². The van der Waals surface area contributed by atoms with Gasteiger partial charge in [0.25, 0.3) is 0 Å². The number of hydrogen-bond donors (Lipinski definition) is 1. The molecule has 1 amide bonds. The van der Waals surface area contributed by atoms with E-state index in [9.17, 15) is 18.0 Å². The second-order valence-corrected chi connectivity index (χ2v) is 8.76. The van der Waals surface area contributed by atoms with Crippen molar-refractivity contribution in [3.8, 4) is 0 Å². The van der Waals surface area contributed by atoms with Crippen LogP contribution in [0.2, 0.25) is 0 Å². The summed E-state index contributed by atoms with van der Waals surface area (Å²) in [7, 11) is -1.86. The first-order valence-corrected chi connectivity index (χ1v) is 10.6. The minimum atomic E-state index is -3.33. The summed E-state index contributed by atoms with van der Waals surface area (Å²) in [5.41, 5.74) is 1.74. The fourth-order valence-electron chi connectivity index (χ4n) is 2.12. The van der Waals surface area contributed by atoms with Crippen LogP contribution in [0.3, 0.4) is 0 Å². The van der Waals surface area contributed by atoms with Gasteiger partial charge in [-0.3, -0.25) is 13.9 Å². The maximum atomic E-state index is 12.3. The Labute approximate surface area is 157 Å². The topological polar surface area (TPSA) is 83.6 Å². The number of ketones is 1. The third-order valence-corrected chi connectivity index (χ3v) is 5.81. The Morgan fingerprint density at radius 3 is 2.12 bits per heavy atom. The standard InChI is InChI=1S/C18H20N2O4S2/c1-13(21)19-15-6-10-17(11-7-15)25-12-18(22)14-4-8-16(9-5-14)20(2)26(3,23)24/h4-11H,12H2,1-3H3,(H,19,21). The number of carbonyl (C=O) groups excluding carboxylic acids is 2. The van der Waals surface area contributed by atoms with Gasteiger partial charge in [-0.1, -0.05) is 0 Å². The van der Waals surface area contributed by atoms with Crippen LogP contribution < -0.4 is 9.62 Å². The zero-order valence-corrected chi connectivity index (χ0v) is 16.4. The Bertz CT molecular complexity index is 892. The van der Waals surface area contributed by atoms with Gasteiger partial charge in [-0.2, -0.15) is 0 Å². The zero-order valence-electron chi connectivity index (χ0n) is 14.7. The van der Waals surface area contributed by atoms with Gasteiger partial charge in [-0.25, -0.2) is 8.42 Å². The molecule has 0 aliphatic carbocycles. The zero-order chi connectivity index (χ0) is 19.3. The van der Waals surface area contributed by atoms with Gasteiger partial charge in [0, 0.05) is 30.1 Å². The molecule has 0 spiro atoms. The summed E-state index contributed by atoms with van der Waals surface area (Å²) in [6.45, 7) is 1.44. The first-order chi connectivity index (χ1) is 12.2.